The number of carbonyl (C=O) groups is 2. The Balaban J connectivity index is 1.55. The number of nitrogen functional groups attached to an aromatic ring is 1. The van der Waals surface area contributed by atoms with Gasteiger partial charge in [-0.3, -0.25) is 14.0 Å². The number of hydrogen-bond acceptors (Lipinski definition) is 9. The number of amides is 2. The summed E-state index contributed by atoms with van der Waals surface area (Å²) < 4.78 is 67.6. The number of rotatable bonds is 7. The number of imidazole rings is 1. The summed E-state index contributed by atoms with van der Waals surface area (Å²) in [6.07, 6.45) is -4.95. The van der Waals surface area contributed by atoms with E-state index in [1.807, 2.05) is 0 Å². The van der Waals surface area contributed by atoms with Gasteiger partial charge in [0.15, 0.2) is 0 Å². The highest BCUT2D eigenvalue weighted by Crippen LogP contribution is 2.38. The normalized spacial score (nSPS) is 17.7. The van der Waals surface area contributed by atoms with E-state index in [2.05, 4.69) is 20.3 Å². The lowest BCUT2D eigenvalue weighted by atomic mass is 10.1. The van der Waals surface area contributed by atoms with E-state index < -0.39 is 41.7 Å². The van der Waals surface area contributed by atoms with Crippen molar-refractivity contribution in [3.8, 4) is 17.0 Å². The van der Waals surface area contributed by atoms with Crippen LogP contribution in [0.5, 0.6) is 5.75 Å². The van der Waals surface area contributed by atoms with Crippen LogP contribution in [0, 0.1) is 5.95 Å². The first-order chi connectivity index (χ1) is 21.3. The lowest BCUT2D eigenvalue weighted by Gasteiger charge is -2.38. The van der Waals surface area contributed by atoms with Crippen LogP contribution in [0.4, 0.5) is 29.2 Å². The molecule has 1 saturated heterocycles. The van der Waals surface area contributed by atoms with Gasteiger partial charge in [-0.1, -0.05) is 0 Å². The van der Waals surface area contributed by atoms with Crippen molar-refractivity contribution in [1.82, 2.24) is 24.3 Å². The molecule has 0 radical (unpaired) electrons. The quantitative estimate of drug-likeness (QED) is 0.258. The van der Waals surface area contributed by atoms with Crippen molar-refractivity contribution < 1.29 is 41.7 Å². The number of carbonyl (C=O) groups excluding carboxylic acids is 2. The lowest BCUT2D eigenvalue weighted by molar-refractivity contribution is -0.152. The highest BCUT2D eigenvalue weighted by atomic mass is 19.4. The Hall–Kier alpha value is -4.83. The minimum atomic E-state index is -4.62. The monoisotopic (exact) mass is 631 g/mol. The highest BCUT2D eigenvalue weighted by Gasteiger charge is 2.36. The molecule has 0 bridgehead atoms. The molecule has 4 aromatic rings. The first kappa shape index (κ1) is 31.6. The zero-order valence-corrected chi connectivity index (χ0v) is 24.3. The number of hydrogen-bond donors (Lipinski definition) is 3. The Labute approximate surface area is 253 Å². The number of anilines is 2. The Morgan fingerprint density at radius 2 is 2.00 bits per heavy atom. The Morgan fingerprint density at radius 1 is 1.24 bits per heavy atom. The molecule has 3 atom stereocenters. The Kier molecular flexibility index (Phi) is 8.62. The average molecular weight is 632 g/mol. The largest absolute Gasteiger partial charge is 0.493 e. The fourth-order valence-corrected chi connectivity index (χ4v) is 4.99. The van der Waals surface area contributed by atoms with Crippen LogP contribution in [-0.2, 0) is 15.7 Å². The number of aromatic nitrogens is 4. The minimum absolute atomic E-state index is 0.0271. The van der Waals surface area contributed by atoms with Gasteiger partial charge < -0.3 is 30.5 Å². The number of alkyl halides is 3. The number of aliphatic hydroxyl groups excluding tert-OH is 1. The number of benzene rings is 1. The third kappa shape index (κ3) is 6.23. The molecule has 238 valence electrons. The summed E-state index contributed by atoms with van der Waals surface area (Å²) >= 11 is 0. The topological polar surface area (TPSA) is 157 Å². The smallest absolute Gasteiger partial charge is 0.416 e. The van der Waals surface area contributed by atoms with Crippen LogP contribution < -0.4 is 15.8 Å². The number of nitrogens with zero attached hydrogens (tertiary/aromatic N) is 5. The third-order valence-electron chi connectivity index (χ3n) is 7.16. The number of ether oxygens (including phenoxy) is 2. The van der Waals surface area contributed by atoms with E-state index >= 15 is 4.39 Å². The van der Waals surface area contributed by atoms with Gasteiger partial charge in [-0.2, -0.15) is 17.6 Å². The maximum Gasteiger partial charge on any atom is 0.416 e. The van der Waals surface area contributed by atoms with Gasteiger partial charge in [0.2, 0.25) is 5.95 Å². The van der Waals surface area contributed by atoms with Crippen LogP contribution in [-0.4, -0.2) is 73.1 Å². The summed E-state index contributed by atoms with van der Waals surface area (Å²) in [6.45, 7) is 5.00. The van der Waals surface area contributed by atoms with E-state index in [4.69, 9.17) is 15.2 Å². The Morgan fingerprint density at radius 3 is 2.69 bits per heavy atom. The van der Waals surface area contributed by atoms with Crippen molar-refractivity contribution in [3.63, 3.8) is 0 Å². The van der Waals surface area contributed by atoms with E-state index in [1.54, 1.807) is 13.8 Å². The zero-order chi connectivity index (χ0) is 32.6. The van der Waals surface area contributed by atoms with Crippen molar-refractivity contribution in [2.45, 2.75) is 45.2 Å². The first-order valence-electron chi connectivity index (χ1n) is 13.8. The van der Waals surface area contributed by atoms with Gasteiger partial charge in [0.1, 0.15) is 46.6 Å². The van der Waals surface area contributed by atoms with E-state index in [0.717, 1.165) is 22.9 Å². The van der Waals surface area contributed by atoms with Gasteiger partial charge in [0, 0.05) is 17.3 Å². The maximum absolute atomic E-state index is 15.4. The van der Waals surface area contributed by atoms with Crippen molar-refractivity contribution in [3.05, 3.63) is 65.6 Å². The molecule has 0 saturated carbocycles. The molecule has 2 amide bonds. The van der Waals surface area contributed by atoms with E-state index in [0.29, 0.717) is 11.6 Å². The van der Waals surface area contributed by atoms with Crippen molar-refractivity contribution in [2.75, 3.05) is 30.8 Å². The summed E-state index contributed by atoms with van der Waals surface area (Å²) in [6, 6.07) is 5.35. The fourth-order valence-electron chi connectivity index (χ4n) is 4.99. The summed E-state index contributed by atoms with van der Waals surface area (Å²) in [5.41, 5.74) is 5.77. The number of nitrogens with two attached hydrogens (primary N) is 1. The first-order valence-corrected chi connectivity index (χ1v) is 13.8. The van der Waals surface area contributed by atoms with Crippen LogP contribution in [0.15, 0.2) is 42.7 Å². The van der Waals surface area contributed by atoms with Crippen LogP contribution in [0.25, 0.3) is 16.8 Å². The highest BCUT2D eigenvalue weighted by molar-refractivity contribution is 6.04. The SMILES string of the molecule is CCOc1cc(C(=O)Nc2cc(C(F)(F)F)ccn2)ccc1-c1nc([C@H]2CN(C(=O)C(C)O)[C@@H](C)CO2)n2c(F)cnc(N)c12. The van der Waals surface area contributed by atoms with Crippen molar-refractivity contribution >= 4 is 29.0 Å². The molecule has 4 N–H and O–H groups in total. The maximum atomic E-state index is 15.4. The third-order valence-corrected chi connectivity index (χ3v) is 7.16. The molecule has 4 heterocycles. The van der Waals surface area contributed by atoms with Gasteiger partial charge in [-0.25, -0.2) is 15.0 Å². The molecule has 3 aromatic heterocycles. The number of halogens is 4. The summed E-state index contributed by atoms with van der Waals surface area (Å²) in [5, 5.41) is 12.2. The summed E-state index contributed by atoms with van der Waals surface area (Å²) in [7, 11) is 0. The number of pyridine rings is 1. The molecule has 1 aromatic carbocycles. The average Bonchev–Trinajstić information content (AvgIpc) is 3.40. The molecule has 16 heteroatoms. The standard InChI is InChI=1S/C29H29F4N7O5/c1-4-44-19-9-16(27(42)37-22-10-17(7-8-35-22)29(31,32)33)5-6-18(19)23-24-25(34)36-11-21(30)40(24)26(38-23)20-12-39(14(2)13-45-20)28(43)15(3)41/h5-11,14-15,20,41H,4,12-13H2,1-3H3,(H2,34,36)(H,35,37,42)/t14-,15?,20+/m0/s1. The van der Waals surface area contributed by atoms with Crippen LogP contribution in [0.3, 0.4) is 0 Å². The second-order valence-electron chi connectivity index (χ2n) is 10.3. The second-order valence-corrected chi connectivity index (χ2v) is 10.3. The van der Waals surface area contributed by atoms with Crippen molar-refractivity contribution in [1.29, 1.82) is 0 Å². The molecule has 0 spiro atoms. The minimum Gasteiger partial charge on any atom is -0.493 e. The number of fused-ring (bicyclic) bond motifs is 1. The molecule has 0 aliphatic carbocycles. The molecule has 12 nitrogen and oxygen atoms in total. The number of nitrogens with one attached hydrogen (secondary N) is 1. The number of aliphatic hydroxyl groups is 1. The molecular formula is C29H29F4N7O5. The van der Waals surface area contributed by atoms with E-state index in [1.165, 1.54) is 30.0 Å². The molecule has 5 rings (SSSR count). The van der Waals surface area contributed by atoms with Gasteiger partial charge in [0.05, 0.1) is 37.6 Å². The van der Waals surface area contributed by atoms with E-state index in [9.17, 15) is 27.9 Å². The summed E-state index contributed by atoms with van der Waals surface area (Å²) in [4.78, 5) is 39.5. The number of morpholine rings is 1. The molecule has 1 unspecified atom stereocenters. The van der Waals surface area contributed by atoms with Gasteiger partial charge in [0.25, 0.3) is 11.8 Å². The van der Waals surface area contributed by atoms with Crippen LogP contribution >= 0.6 is 0 Å². The molecular weight excluding hydrogens is 602 g/mol. The predicted molar refractivity (Wildman–Crippen MR) is 153 cm³/mol. The lowest BCUT2D eigenvalue weighted by Crippen LogP contribution is -2.51. The van der Waals surface area contributed by atoms with Gasteiger partial charge in [-0.15, -0.1) is 0 Å². The molecule has 1 aliphatic rings. The zero-order valence-electron chi connectivity index (χ0n) is 24.3. The van der Waals surface area contributed by atoms with Crippen LogP contribution in [0.2, 0.25) is 0 Å². The van der Waals surface area contributed by atoms with Gasteiger partial charge in [-0.05, 0) is 51.1 Å². The molecule has 1 aliphatic heterocycles. The Bertz CT molecular complexity index is 1760. The van der Waals surface area contributed by atoms with Gasteiger partial charge >= 0.3 is 6.18 Å². The molecule has 45 heavy (non-hydrogen) atoms. The fraction of sp³-hybridized carbons (Fsp3) is 0.345. The van der Waals surface area contributed by atoms with Crippen LogP contribution in [0.1, 0.15) is 48.6 Å². The van der Waals surface area contributed by atoms with Crippen molar-refractivity contribution in [2.24, 2.45) is 0 Å². The van der Waals surface area contributed by atoms with E-state index in [-0.39, 0.29) is 65.8 Å². The molecule has 1 fully saturated rings. The predicted octanol–water partition coefficient (Wildman–Crippen LogP) is 3.85. The second kappa shape index (κ2) is 12.3. The summed E-state index contributed by atoms with van der Waals surface area (Å²) in [5.74, 6) is -2.27.